The zero-order chi connectivity index (χ0) is 11.6. The minimum absolute atomic E-state index is 0.773. The van der Waals surface area contributed by atoms with Crippen molar-refractivity contribution in [2.45, 2.75) is 13.0 Å². The van der Waals surface area contributed by atoms with E-state index in [1.807, 2.05) is 0 Å². The van der Waals surface area contributed by atoms with E-state index >= 15 is 0 Å². The average molecular weight is 241 g/mol. The zero-order valence-corrected chi connectivity index (χ0v) is 10.6. The Labute approximate surface area is 101 Å². The van der Waals surface area contributed by atoms with Crippen LogP contribution in [-0.4, -0.2) is 33.3 Å². The highest BCUT2D eigenvalue weighted by atomic mass is 32.1. The number of hydrogen-bond acceptors (Lipinski definition) is 3. The molecule has 90 valence electrons. The van der Waals surface area contributed by atoms with Crippen molar-refractivity contribution in [3.05, 3.63) is 22.4 Å². The molecule has 0 aromatic carbocycles. The third-order valence-corrected chi connectivity index (χ3v) is 2.93. The van der Waals surface area contributed by atoms with Crippen LogP contribution in [0.3, 0.4) is 0 Å². The van der Waals surface area contributed by atoms with E-state index in [0.717, 1.165) is 32.1 Å². The van der Waals surface area contributed by atoms with Crippen LogP contribution < -0.4 is 10.6 Å². The van der Waals surface area contributed by atoms with Gasteiger partial charge in [0.2, 0.25) is 0 Å². The lowest BCUT2D eigenvalue weighted by molar-refractivity contribution is 0.195. The molecule has 0 amide bonds. The summed E-state index contributed by atoms with van der Waals surface area (Å²) in [5.41, 5.74) is 0. The van der Waals surface area contributed by atoms with Gasteiger partial charge in [0, 0.05) is 32.2 Å². The number of thiophene rings is 1. The van der Waals surface area contributed by atoms with E-state index in [-0.39, 0.29) is 0 Å². The van der Waals surface area contributed by atoms with Crippen molar-refractivity contribution in [3.63, 3.8) is 0 Å². The van der Waals surface area contributed by atoms with Crippen LogP contribution in [0.25, 0.3) is 0 Å². The van der Waals surface area contributed by atoms with Gasteiger partial charge < -0.3 is 15.4 Å². The van der Waals surface area contributed by atoms with Crippen LogP contribution in [0, 0.1) is 0 Å². The molecule has 5 heteroatoms. The Hall–Kier alpha value is -1.07. The molecule has 0 radical (unpaired) electrons. The molecule has 0 atom stereocenters. The summed E-state index contributed by atoms with van der Waals surface area (Å²) >= 11 is 1.74. The first-order valence-electron chi connectivity index (χ1n) is 5.32. The van der Waals surface area contributed by atoms with E-state index in [1.165, 1.54) is 4.88 Å². The summed E-state index contributed by atoms with van der Waals surface area (Å²) in [5.74, 6) is 0.838. The Morgan fingerprint density at radius 1 is 1.50 bits per heavy atom. The van der Waals surface area contributed by atoms with E-state index < -0.39 is 0 Å². The molecule has 0 saturated heterocycles. The first-order valence-corrected chi connectivity index (χ1v) is 6.20. The number of nitrogens with zero attached hydrogens (tertiary/aromatic N) is 1. The van der Waals surface area contributed by atoms with Crippen LogP contribution in [0.5, 0.6) is 0 Å². The van der Waals surface area contributed by atoms with E-state index in [2.05, 4.69) is 33.1 Å². The van der Waals surface area contributed by atoms with Crippen molar-refractivity contribution in [1.82, 2.24) is 10.6 Å². The second-order valence-electron chi connectivity index (χ2n) is 3.28. The zero-order valence-electron chi connectivity index (χ0n) is 9.82. The molecule has 0 spiro atoms. The van der Waals surface area contributed by atoms with Gasteiger partial charge in [-0.1, -0.05) is 6.07 Å². The number of aliphatic imine (C=N–C) groups is 1. The van der Waals surface area contributed by atoms with E-state index in [0.29, 0.717) is 0 Å². The summed E-state index contributed by atoms with van der Waals surface area (Å²) in [4.78, 5) is 5.45. The second-order valence-corrected chi connectivity index (χ2v) is 4.31. The molecule has 0 saturated carbocycles. The maximum Gasteiger partial charge on any atom is 0.191 e. The number of guanidine groups is 1. The third-order valence-electron chi connectivity index (χ3n) is 2.05. The van der Waals surface area contributed by atoms with Gasteiger partial charge in [0.25, 0.3) is 0 Å². The normalized spacial score (nSPS) is 11.5. The standard InChI is InChI=1S/C11H19N3OS/c1-12-11(13-6-4-7-15-2)14-9-10-5-3-8-16-10/h3,5,8H,4,6-7,9H2,1-2H3,(H2,12,13,14). The summed E-state index contributed by atoms with van der Waals surface area (Å²) < 4.78 is 4.98. The smallest absolute Gasteiger partial charge is 0.191 e. The molecule has 0 aliphatic heterocycles. The molecular formula is C11H19N3OS. The fourth-order valence-corrected chi connectivity index (χ4v) is 1.87. The lowest BCUT2D eigenvalue weighted by atomic mass is 10.4. The van der Waals surface area contributed by atoms with Crippen LogP contribution in [0.4, 0.5) is 0 Å². The maximum absolute atomic E-state index is 4.98. The molecular weight excluding hydrogens is 222 g/mol. The Balaban J connectivity index is 2.17. The summed E-state index contributed by atoms with van der Waals surface area (Å²) in [7, 11) is 3.49. The molecule has 1 heterocycles. The quantitative estimate of drug-likeness (QED) is 0.450. The van der Waals surface area contributed by atoms with Crippen LogP contribution in [-0.2, 0) is 11.3 Å². The Morgan fingerprint density at radius 2 is 2.38 bits per heavy atom. The van der Waals surface area contributed by atoms with Gasteiger partial charge >= 0.3 is 0 Å². The average Bonchev–Trinajstić information content (AvgIpc) is 2.81. The van der Waals surface area contributed by atoms with Crippen LogP contribution in [0.15, 0.2) is 22.5 Å². The molecule has 0 aliphatic carbocycles. The maximum atomic E-state index is 4.98. The van der Waals surface area contributed by atoms with E-state index in [1.54, 1.807) is 25.5 Å². The molecule has 1 aromatic heterocycles. The van der Waals surface area contributed by atoms with Gasteiger partial charge in [0.05, 0.1) is 6.54 Å². The lowest BCUT2D eigenvalue weighted by Gasteiger charge is -2.10. The van der Waals surface area contributed by atoms with Crippen LogP contribution in [0.2, 0.25) is 0 Å². The van der Waals surface area contributed by atoms with Gasteiger partial charge in [-0.05, 0) is 17.9 Å². The molecule has 4 nitrogen and oxygen atoms in total. The Bertz CT molecular complexity index is 298. The fraction of sp³-hybridized carbons (Fsp3) is 0.545. The van der Waals surface area contributed by atoms with E-state index in [4.69, 9.17) is 4.74 Å². The minimum atomic E-state index is 0.773. The lowest BCUT2D eigenvalue weighted by Crippen LogP contribution is -2.37. The molecule has 0 fully saturated rings. The fourth-order valence-electron chi connectivity index (χ4n) is 1.23. The summed E-state index contributed by atoms with van der Waals surface area (Å²) in [5, 5.41) is 8.56. The number of rotatable bonds is 6. The SMILES string of the molecule is CN=C(NCCCOC)NCc1cccs1. The monoisotopic (exact) mass is 241 g/mol. The minimum Gasteiger partial charge on any atom is -0.385 e. The van der Waals surface area contributed by atoms with Crippen molar-refractivity contribution in [3.8, 4) is 0 Å². The molecule has 1 aromatic rings. The first-order chi connectivity index (χ1) is 7.86. The molecule has 2 N–H and O–H groups in total. The number of methoxy groups -OCH3 is 1. The van der Waals surface area contributed by atoms with Crippen molar-refractivity contribution >= 4 is 17.3 Å². The molecule has 0 unspecified atom stereocenters. The summed E-state index contributed by atoms with van der Waals surface area (Å²) in [6.45, 7) is 2.47. The van der Waals surface area contributed by atoms with Crippen molar-refractivity contribution in [2.24, 2.45) is 4.99 Å². The molecule has 16 heavy (non-hydrogen) atoms. The highest BCUT2D eigenvalue weighted by Crippen LogP contribution is 2.06. The van der Waals surface area contributed by atoms with Crippen LogP contribution >= 0.6 is 11.3 Å². The van der Waals surface area contributed by atoms with Gasteiger partial charge in [-0.15, -0.1) is 11.3 Å². The van der Waals surface area contributed by atoms with Crippen LogP contribution in [0.1, 0.15) is 11.3 Å². The Kier molecular flexibility index (Phi) is 6.60. The predicted molar refractivity (Wildman–Crippen MR) is 69.0 cm³/mol. The topological polar surface area (TPSA) is 45.7 Å². The summed E-state index contributed by atoms with van der Waals surface area (Å²) in [6.07, 6.45) is 0.982. The van der Waals surface area contributed by atoms with Gasteiger partial charge in [-0.2, -0.15) is 0 Å². The Morgan fingerprint density at radius 3 is 3.00 bits per heavy atom. The number of ether oxygens (including phenoxy) is 1. The largest absolute Gasteiger partial charge is 0.385 e. The van der Waals surface area contributed by atoms with Gasteiger partial charge in [-0.25, -0.2) is 0 Å². The van der Waals surface area contributed by atoms with Gasteiger partial charge in [-0.3, -0.25) is 4.99 Å². The number of hydrogen-bond donors (Lipinski definition) is 2. The van der Waals surface area contributed by atoms with Crippen molar-refractivity contribution in [1.29, 1.82) is 0 Å². The van der Waals surface area contributed by atoms with Gasteiger partial charge in [0.15, 0.2) is 5.96 Å². The van der Waals surface area contributed by atoms with Crippen molar-refractivity contribution < 1.29 is 4.74 Å². The van der Waals surface area contributed by atoms with E-state index in [9.17, 15) is 0 Å². The number of nitrogens with one attached hydrogen (secondary N) is 2. The molecule has 0 bridgehead atoms. The molecule has 0 aliphatic rings. The molecule has 1 rings (SSSR count). The predicted octanol–water partition coefficient (Wildman–Crippen LogP) is 1.45. The third kappa shape index (κ3) is 5.14. The highest BCUT2D eigenvalue weighted by molar-refractivity contribution is 7.09. The van der Waals surface area contributed by atoms with Gasteiger partial charge in [0.1, 0.15) is 0 Å². The second kappa shape index (κ2) is 8.13. The first kappa shape index (κ1) is 13.0. The summed E-state index contributed by atoms with van der Waals surface area (Å²) in [6, 6.07) is 4.16. The highest BCUT2D eigenvalue weighted by Gasteiger charge is 1.97. The van der Waals surface area contributed by atoms with Crippen molar-refractivity contribution in [2.75, 3.05) is 27.3 Å².